The van der Waals surface area contributed by atoms with Gasteiger partial charge in [0.2, 0.25) is 0 Å². The Balaban J connectivity index is 2.27. The lowest BCUT2D eigenvalue weighted by atomic mass is 10.2. The molecule has 0 saturated heterocycles. The van der Waals surface area contributed by atoms with Crippen LogP contribution in [0.4, 0.5) is 4.39 Å². The third kappa shape index (κ3) is 5.12. The molecule has 0 atom stereocenters. The maximum absolute atomic E-state index is 13.4. The van der Waals surface area contributed by atoms with Crippen molar-refractivity contribution in [3.63, 3.8) is 0 Å². The van der Waals surface area contributed by atoms with Gasteiger partial charge in [0.25, 0.3) is 0 Å². The molecule has 17 heavy (non-hydrogen) atoms. The highest BCUT2D eigenvalue weighted by Crippen LogP contribution is 2.17. The smallest absolute Gasteiger partial charge is 0.165 e. The summed E-state index contributed by atoms with van der Waals surface area (Å²) < 4.78 is 28.7. The van der Waals surface area contributed by atoms with Crippen molar-refractivity contribution in [2.24, 2.45) is 5.73 Å². The Morgan fingerprint density at radius 1 is 1.18 bits per heavy atom. The lowest BCUT2D eigenvalue weighted by molar-refractivity contribution is 0.0538. The minimum absolute atomic E-state index is 0.220. The van der Waals surface area contributed by atoms with E-state index in [1.165, 1.54) is 6.07 Å². The quantitative estimate of drug-likeness (QED) is 0.700. The number of ether oxygens (including phenoxy) is 3. The molecule has 0 aromatic heterocycles. The molecule has 0 unspecified atom stereocenters. The second-order valence-corrected chi connectivity index (χ2v) is 3.42. The summed E-state index contributed by atoms with van der Waals surface area (Å²) in [4.78, 5) is 0. The molecular formula is C12H18FNO3. The van der Waals surface area contributed by atoms with E-state index in [0.29, 0.717) is 33.0 Å². The van der Waals surface area contributed by atoms with E-state index in [1.54, 1.807) is 19.2 Å². The van der Waals surface area contributed by atoms with Crippen LogP contribution in [0.25, 0.3) is 0 Å². The van der Waals surface area contributed by atoms with Crippen LogP contribution in [0.2, 0.25) is 0 Å². The van der Waals surface area contributed by atoms with Crippen molar-refractivity contribution in [2.75, 3.05) is 33.5 Å². The first kappa shape index (κ1) is 13.9. The van der Waals surface area contributed by atoms with Crippen LogP contribution in [0.3, 0.4) is 0 Å². The van der Waals surface area contributed by atoms with Crippen LogP contribution < -0.4 is 10.5 Å². The molecule has 0 aliphatic rings. The summed E-state index contributed by atoms with van der Waals surface area (Å²) in [7, 11) is 1.61. The molecule has 0 heterocycles. The molecule has 0 fully saturated rings. The van der Waals surface area contributed by atoms with Crippen LogP contribution in [-0.4, -0.2) is 33.5 Å². The van der Waals surface area contributed by atoms with Gasteiger partial charge in [-0.1, -0.05) is 6.07 Å². The fourth-order valence-electron chi connectivity index (χ4n) is 1.24. The lowest BCUT2D eigenvalue weighted by Crippen LogP contribution is -2.10. The molecule has 0 radical (unpaired) electrons. The second-order valence-electron chi connectivity index (χ2n) is 3.42. The van der Waals surface area contributed by atoms with Gasteiger partial charge >= 0.3 is 0 Å². The van der Waals surface area contributed by atoms with Gasteiger partial charge in [-0.3, -0.25) is 0 Å². The average molecular weight is 243 g/mol. The molecule has 1 rings (SSSR count). The minimum atomic E-state index is -0.398. The van der Waals surface area contributed by atoms with Gasteiger partial charge in [-0.15, -0.1) is 0 Å². The van der Waals surface area contributed by atoms with Gasteiger partial charge < -0.3 is 19.9 Å². The topological polar surface area (TPSA) is 53.7 Å². The molecule has 96 valence electrons. The van der Waals surface area contributed by atoms with Gasteiger partial charge in [-0.25, -0.2) is 4.39 Å². The highest BCUT2D eigenvalue weighted by molar-refractivity contribution is 5.29. The summed E-state index contributed by atoms with van der Waals surface area (Å²) >= 11 is 0. The van der Waals surface area contributed by atoms with Gasteiger partial charge in [0.1, 0.15) is 6.61 Å². The molecule has 0 aliphatic carbocycles. The number of methoxy groups -OCH3 is 1. The monoisotopic (exact) mass is 243 g/mol. The van der Waals surface area contributed by atoms with Crippen LogP contribution in [0, 0.1) is 5.82 Å². The zero-order valence-corrected chi connectivity index (χ0v) is 9.95. The zero-order valence-electron chi connectivity index (χ0n) is 9.95. The van der Waals surface area contributed by atoms with Gasteiger partial charge in [0.15, 0.2) is 11.6 Å². The number of hydrogen-bond donors (Lipinski definition) is 1. The molecule has 4 nitrogen and oxygen atoms in total. The molecule has 2 N–H and O–H groups in total. The summed E-state index contributed by atoms with van der Waals surface area (Å²) in [5, 5.41) is 0. The predicted molar refractivity (Wildman–Crippen MR) is 62.5 cm³/mol. The van der Waals surface area contributed by atoms with Gasteiger partial charge in [-0.2, -0.15) is 0 Å². The Morgan fingerprint density at radius 2 is 1.94 bits per heavy atom. The Bertz CT molecular complexity index is 334. The largest absolute Gasteiger partial charge is 0.488 e. The molecule has 1 aromatic rings. The molecule has 0 saturated carbocycles. The number of rotatable bonds is 8. The van der Waals surface area contributed by atoms with Crippen molar-refractivity contribution >= 4 is 0 Å². The third-order valence-corrected chi connectivity index (χ3v) is 2.15. The highest BCUT2D eigenvalue weighted by atomic mass is 19.1. The number of benzene rings is 1. The second kappa shape index (κ2) is 8.00. The Hall–Kier alpha value is -1.17. The Labute approximate surface area is 100 Å². The summed E-state index contributed by atoms with van der Waals surface area (Å²) in [5.74, 6) is -0.178. The van der Waals surface area contributed by atoms with E-state index in [-0.39, 0.29) is 5.75 Å². The van der Waals surface area contributed by atoms with Crippen LogP contribution in [0.5, 0.6) is 5.75 Å². The first-order chi connectivity index (χ1) is 8.27. The fraction of sp³-hybridized carbons (Fsp3) is 0.500. The highest BCUT2D eigenvalue weighted by Gasteiger charge is 2.03. The van der Waals surface area contributed by atoms with Crippen molar-refractivity contribution in [1.29, 1.82) is 0 Å². The Kier molecular flexibility index (Phi) is 6.54. The maximum Gasteiger partial charge on any atom is 0.165 e. The van der Waals surface area contributed by atoms with Crippen LogP contribution in [0.1, 0.15) is 5.56 Å². The van der Waals surface area contributed by atoms with Crippen molar-refractivity contribution in [1.82, 2.24) is 0 Å². The SMILES string of the molecule is COCCOCCOc1ccc(CN)cc1F. The van der Waals surface area contributed by atoms with E-state index in [0.717, 1.165) is 5.56 Å². The van der Waals surface area contributed by atoms with E-state index in [9.17, 15) is 4.39 Å². The lowest BCUT2D eigenvalue weighted by Gasteiger charge is -2.08. The fourth-order valence-corrected chi connectivity index (χ4v) is 1.24. The van der Waals surface area contributed by atoms with Crippen molar-refractivity contribution in [2.45, 2.75) is 6.54 Å². The van der Waals surface area contributed by atoms with Crippen LogP contribution in [0.15, 0.2) is 18.2 Å². The average Bonchev–Trinajstić information content (AvgIpc) is 2.35. The predicted octanol–water partition coefficient (Wildman–Crippen LogP) is 1.33. The van der Waals surface area contributed by atoms with E-state index in [4.69, 9.17) is 19.9 Å². The van der Waals surface area contributed by atoms with Gasteiger partial charge in [-0.05, 0) is 17.7 Å². The minimum Gasteiger partial charge on any atom is -0.488 e. The summed E-state index contributed by atoms with van der Waals surface area (Å²) in [6.07, 6.45) is 0. The van der Waals surface area contributed by atoms with E-state index >= 15 is 0 Å². The molecular weight excluding hydrogens is 225 g/mol. The van der Waals surface area contributed by atoms with Crippen molar-refractivity contribution in [3.05, 3.63) is 29.6 Å². The maximum atomic E-state index is 13.4. The standard InChI is InChI=1S/C12H18FNO3/c1-15-4-5-16-6-7-17-12-3-2-10(9-14)8-11(12)13/h2-3,8H,4-7,9,14H2,1H3. The van der Waals surface area contributed by atoms with E-state index < -0.39 is 5.82 Å². The van der Waals surface area contributed by atoms with Crippen molar-refractivity contribution in [3.8, 4) is 5.75 Å². The zero-order chi connectivity index (χ0) is 12.5. The third-order valence-electron chi connectivity index (χ3n) is 2.15. The summed E-state index contributed by atoms with van der Waals surface area (Å²) in [5.41, 5.74) is 6.14. The van der Waals surface area contributed by atoms with Crippen LogP contribution in [-0.2, 0) is 16.0 Å². The van der Waals surface area contributed by atoms with Gasteiger partial charge in [0.05, 0.1) is 19.8 Å². The van der Waals surface area contributed by atoms with Crippen molar-refractivity contribution < 1.29 is 18.6 Å². The number of hydrogen-bond acceptors (Lipinski definition) is 4. The molecule has 1 aromatic carbocycles. The summed E-state index contributed by atoms with van der Waals surface area (Å²) in [6, 6.07) is 4.69. The first-order valence-electron chi connectivity index (χ1n) is 5.46. The first-order valence-corrected chi connectivity index (χ1v) is 5.46. The normalized spacial score (nSPS) is 10.5. The Morgan fingerprint density at radius 3 is 2.59 bits per heavy atom. The number of nitrogens with two attached hydrogens (primary N) is 1. The molecule has 0 amide bonds. The van der Waals surface area contributed by atoms with E-state index in [2.05, 4.69) is 0 Å². The van der Waals surface area contributed by atoms with Crippen LogP contribution >= 0.6 is 0 Å². The molecule has 0 bridgehead atoms. The molecule has 5 heteroatoms. The number of halogens is 1. The molecule has 0 aliphatic heterocycles. The summed E-state index contributed by atoms with van der Waals surface area (Å²) in [6.45, 7) is 2.08. The van der Waals surface area contributed by atoms with E-state index in [1.807, 2.05) is 0 Å². The van der Waals surface area contributed by atoms with Gasteiger partial charge in [0, 0.05) is 13.7 Å². The molecule has 0 spiro atoms.